The number of nitrogens with zero attached hydrogens (tertiary/aromatic N) is 2. The largest absolute Gasteiger partial charge is 0.463 e. The summed E-state index contributed by atoms with van der Waals surface area (Å²) >= 11 is 1.12. The third-order valence-corrected chi connectivity index (χ3v) is 5.04. The standard InChI is InChI=1S/C20H11FN2O3S/c1-2-9-23-15-8-7-12(21)10-17(15)27-20(23)22-19(25)14-11-26-16-6-4-3-5-13(16)18(14)24/h1,3-8,10-11H,9H2. The highest BCUT2D eigenvalue weighted by atomic mass is 32.1. The monoisotopic (exact) mass is 378 g/mol. The molecule has 7 heteroatoms. The van der Waals surface area contributed by atoms with Gasteiger partial charge < -0.3 is 8.98 Å². The Morgan fingerprint density at radius 1 is 1.30 bits per heavy atom. The number of hydrogen-bond acceptors (Lipinski definition) is 4. The summed E-state index contributed by atoms with van der Waals surface area (Å²) in [6.07, 6.45) is 6.51. The number of para-hydroxylation sites is 1. The molecule has 0 spiro atoms. The van der Waals surface area contributed by atoms with Crippen LogP contribution >= 0.6 is 11.3 Å². The van der Waals surface area contributed by atoms with Crippen LogP contribution in [0.1, 0.15) is 10.4 Å². The normalized spacial score (nSPS) is 11.8. The number of benzene rings is 2. The van der Waals surface area contributed by atoms with Crippen molar-refractivity contribution in [1.82, 2.24) is 4.57 Å². The second kappa shape index (κ2) is 6.67. The zero-order valence-electron chi connectivity index (χ0n) is 13.8. The van der Waals surface area contributed by atoms with Gasteiger partial charge >= 0.3 is 0 Å². The maximum Gasteiger partial charge on any atom is 0.286 e. The van der Waals surface area contributed by atoms with Gasteiger partial charge in [-0.2, -0.15) is 4.99 Å². The molecule has 2 aromatic heterocycles. The fraction of sp³-hybridized carbons (Fsp3) is 0.0500. The van der Waals surface area contributed by atoms with Crippen molar-refractivity contribution in [3.63, 3.8) is 0 Å². The molecule has 1 amide bonds. The number of carbonyl (C=O) groups is 1. The first kappa shape index (κ1) is 16.9. The molecule has 0 saturated heterocycles. The van der Waals surface area contributed by atoms with Crippen molar-refractivity contribution in [2.75, 3.05) is 0 Å². The lowest BCUT2D eigenvalue weighted by Crippen LogP contribution is -2.19. The van der Waals surface area contributed by atoms with Gasteiger partial charge in [-0.05, 0) is 30.3 Å². The van der Waals surface area contributed by atoms with Crippen LogP contribution in [-0.4, -0.2) is 10.5 Å². The van der Waals surface area contributed by atoms with E-state index in [4.69, 9.17) is 10.8 Å². The molecular weight excluding hydrogens is 367 g/mol. The van der Waals surface area contributed by atoms with E-state index in [1.54, 1.807) is 34.9 Å². The summed E-state index contributed by atoms with van der Waals surface area (Å²) in [5.41, 5.74) is 0.418. The third kappa shape index (κ3) is 2.96. The summed E-state index contributed by atoms with van der Waals surface area (Å²) < 4.78 is 21.1. The van der Waals surface area contributed by atoms with Crippen molar-refractivity contribution in [1.29, 1.82) is 0 Å². The van der Waals surface area contributed by atoms with Gasteiger partial charge in [0.25, 0.3) is 5.91 Å². The minimum Gasteiger partial charge on any atom is -0.463 e. The third-order valence-electron chi connectivity index (χ3n) is 4.00. The van der Waals surface area contributed by atoms with Gasteiger partial charge in [-0.3, -0.25) is 9.59 Å². The lowest BCUT2D eigenvalue weighted by molar-refractivity contribution is 0.0995. The van der Waals surface area contributed by atoms with Gasteiger partial charge in [-0.1, -0.05) is 29.4 Å². The van der Waals surface area contributed by atoms with Crippen LogP contribution in [-0.2, 0) is 6.54 Å². The number of carbonyl (C=O) groups excluding carboxylic acids is 1. The van der Waals surface area contributed by atoms with Crippen LogP contribution in [0.15, 0.2) is 62.9 Å². The topological polar surface area (TPSA) is 64.6 Å². The highest BCUT2D eigenvalue weighted by molar-refractivity contribution is 7.16. The van der Waals surface area contributed by atoms with Crippen LogP contribution in [0.5, 0.6) is 0 Å². The molecule has 0 atom stereocenters. The van der Waals surface area contributed by atoms with Crippen LogP contribution in [0, 0.1) is 18.2 Å². The SMILES string of the molecule is C#CCn1c(=NC(=O)c2coc3ccccc3c2=O)sc2cc(F)ccc21. The van der Waals surface area contributed by atoms with Crippen LogP contribution in [0.3, 0.4) is 0 Å². The second-order valence-electron chi connectivity index (χ2n) is 5.68. The molecule has 0 saturated carbocycles. The Bertz CT molecular complexity index is 1370. The first-order valence-corrected chi connectivity index (χ1v) is 8.72. The number of halogens is 1. The van der Waals surface area contributed by atoms with Crippen LogP contribution in [0.2, 0.25) is 0 Å². The van der Waals surface area contributed by atoms with Crippen molar-refractivity contribution in [2.24, 2.45) is 4.99 Å². The molecule has 2 aromatic carbocycles. The van der Waals surface area contributed by atoms with Gasteiger partial charge in [0.2, 0.25) is 5.43 Å². The molecule has 4 rings (SSSR count). The summed E-state index contributed by atoms with van der Waals surface area (Å²) in [6, 6.07) is 10.9. The molecule has 0 aliphatic carbocycles. The van der Waals surface area contributed by atoms with E-state index in [-0.39, 0.29) is 16.9 Å². The Kier molecular flexibility index (Phi) is 4.18. The van der Waals surface area contributed by atoms with E-state index < -0.39 is 17.2 Å². The number of aromatic nitrogens is 1. The summed E-state index contributed by atoms with van der Waals surface area (Å²) in [6.45, 7) is 0.157. The van der Waals surface area contributed by atoms with Crippen molar-refractivity contribution < 1.29 is 13.6 Å². The Morgan fingerprint density at radius 2 is 2.11 bits per heavy atom. The predicted octanol–water partition coefficient (Wildman–Crippen LogP) is 3.32. The summed E-state index contributed by atoms with van der Waals surface area (Å²) in [7, 11) is 0. The fourth-order valence-corrected chi connectivity index (χ4v) is 3.80. The van der Waals surface area contributed by atoms with E-state index in [1.807, 2.05) is 0 Å². The van der Waals surface area contributed by atoms with Gasteiger partial charge in [0.05, 0.1) is 22.1 Å². The summed E-state index contributed by atoms with van der Waals surface area (Å²) in [4.78, 5) is 29.5. The molecule has 2 heterocycles. The lowest BCUT2D eigenvalue weighted by atomic mass is 10.2. The molecule has 0 bridgehead atoms. The molecule has 0 radical (unpaired) electrons. The smallest absolute Gasteiger partial charge is 0.286 e. The number of fused-ring (bicyclic) bond motifs is 2. The minimum atomic E-state index is -0.743. The van der Waals surface area contributed by atoms with Gasteiger partial charge in [-0.25, -0.2) is 4.39 Å². The summed E-state index contributed by atoms with van der Waals surface area (Å²) in [5, 5.41) is 0.300. The Labute approximate surface area is 156 Å². The molecule has 0 aliphatic heterocycles. The Hall–Kier alpha value is -3.50. The van der Waals surface area contributed by atoms with Crippen LogP contribution < -0.4 is 10.2 Å². The maximum atomic E-state index is 13.5. The quantitative estimate of drug-likeness (QED) is 0.503. The van der Waals surface area contributed by atoms with Gasteiger partial charge in [-0.15, -0.1) is 6.42 Å². The molecule has 132 valence electrons. The molecule has 0 N–H and O–H groups in total. The first-order chi connectivity index (χ1) is 13.1. The highest BCUT2D eigenvalue weighted by Gasteiger charge is 2.15. The van der Waals surface area contributed by atoms with Crippen LogP contribution in [0.25, 0.3) is 21.2 Å². The van der Waals surface area contributed by atoms with E-state index in [9.17, 15) is 14.0 Å². The number of amides is 1. The number of rotatable bonds is 2. The lowest BCUT2D eigenvalue weighted by Gasteiger charge is -2.00. The zero-order chi connectivity index (χ0) is 19.0. The molecule has 4 aromatic rings. The molecule has 0 aliphatic rings. The zero-order valence-corrected chi connectivity index (χ0v) is 14.6. The van der Waals surface area contributed by atoms with E-state index >= 15 is 0 Å². The minimum absolute atomic E-state index is 0.157. The molecule has 0 unspecified atom stereocenters. The Morgan fingerprint density at radius 3 is 2.93 bits per heavy atom. The van der Waals surface area contributed by atoms with E-state index in [0.29, 0.717) is 21.2 Å². The van der Waals surface area contributed by atoms with Crippen molar-refractivity contribution in [2.45, 2.75) is 6.54 Å². The van der Waals surface area contributed by atoms with Gasteiger partial charge in [0.15, 0.2) is 4.80 Å². The second-order valence-corrected chi connectivity index (χ2v) is 6.69. The molecular formula is C20H11FN2O3S. The average Bonchev–Trinajstić information content (AvgIpc) is 2.98. The molecule has 5 nitrogen and oxygen atoms in total. The highest BCUT2D eigenvalue weighted by Crippen LogP contribution is 2.19. The van der Waals surface area contributed by atoms with Gasteiger partial charge in [0, 0.05) is 0 Å². The van der Waals surface area contributed by atoms with Gasteiger partial charge in [0.1, 0.15) is 23.2 Å². The summed E-state index contributed by atoms with van der Waals surface area (Å²) in [5.74, 6) is 1.35. The van der Waals surface area contributed by atoms with Crippen molar-refractivity contribution in [3.8, 4) is 12.3 Å². The van der Waals surface area contributed by atoms with Crippen LogP contribution in [0.4, 0.5) is 4.39 Å². The first-order valence-electron chi connectivity index (χ1n) is 7.90. The van der Waals surface area contributed by atoms with E-state index in [2.05, 4.69) is 10.9 Å². The van der Waals surface area contributed by atoms with E-state index in [0.717, 1.165) is 17.6 Å². The number of terminal acetylenes is 1. The van der Waals surface area contributed by atoms with Crippen molar-refractivity contribution >= 4 is 38.4 Å². The number of hydrogen-bond donors (Lipinski definition) is 0. The number of thiazole rings is 1. The van der Waals surface area contributed by atoms with Crippen molar-refractivity contribution in [3.05, 3.63) is 75.1 Å². The maximum absolute atomic E-state index is 13.5. The average molecular weight is 378 g/mol. The van der Waals surface area contributed by atoms with E-state index in [1.165, 1.54) is 12.1 Å². The predicted molar refractivity (Wildman–Crippen MR) is 101 cm³/mol. The Balaban J connectivity index is 1.90. The molecule has 0 fully saturated rings. The molecule has 27 heavy (non-hydrogen) atoms. The fourth-order valence-electron chi connectivity index (χ4n) is 2.75.